The molecule has 2 aromatic rings. The normalized spacial score (nSPS) is 20.4. The molecule has 1 saturated heterocycles. The van der Waals surface area contributed by atoms with Crippen molar-refractivity contribution in [3.63, 3.8) is 0 Å². The number of carbonyl (C=O) groups is 2. The lowest BCUT2D eigenvalue weighted by atomic mass is 9.85. The van der Waals surface area contributed by atoms with E-state index >= 15 is 0 Å². The fourth-order valence-electron chi connectivity index (χ4n) is 4.62. The minimum Gasteiger partial charge on any atom is -0.348 e. The zero-order chi connectivity index (χ0) is 25.2. The van der Waals surface area contributed by atoms with E-state index < -0.39 is 6.04 Å². The van der Waals surface area contributed by atoms with E-state index in [1.165, 1.54) is 4.88 Å². The zero-order valence-electron chi connectivity index (χ0n) is 21.8. The number of carbonyl (C=O) groups excluding carboxylic acids is 2. The van der Waals surface area contributed by atoms with E-state index in [4.69, 9.17) is 0 Å². The van der Waals surface area contributed by atoms with Gasteiger partial charge >= 0.3 is 0 Å². The first-order valence-electron chi connectivity index (χ1n) is 12.3. The highest BCUT2D eigenvalue weighted by Crippen LogP contribution is 2.30. The summed E-state index contributed by atoms with van der Waals surface area (Å²) in [5.41, 5.74) is 4.81. The van der Waals surface area contributed by atoms with Crippen molar-refractivity contribution >= 4 is 23.2 Å². The quantitative estimate of drug-likeness (QED) is 0.583. The molecule has 34 heavy (non-hydrogen) atoms. The van der Waals surface area contributed by atoms with Gasteiger partial charge in [-0.2, -0.15) is 0 Å². The SMILES string of the molecule is Cc1ncsc1-c1ccc([C@H](C)NC(=O)[C@@H]2C[C@@H](C)CN2C(=O)[C@@H](NC(C)C)C(C)(C)C)cc1. The summed E-state index contributed by atoms with van der Waals surface area (Å²) in [6.07, 6.45) is 0.687. The maximum Gasteiger partial charge on any atom is 0.243 e. The van der Waals surface area contributed by atoms with Crippen molar-refractivity contribution in [2.24, 2.45) is 11.3 Å². The topological polar surface area (TPSA) is 74.3 Å². The Labute approximate surface area is 208 Å². The van der Waals surface area contributed by atoms with Crippen LogP contribution in [0, 0.1) is 18.3 Å². The van der Waals surface area contributed by atoms with Gasteiger partial charge in [-0.05, 0) is 42.7 Å². The predicted octanol–water partition coefficient (Wildman–Crippen LogP) is 4.95. The molecule has 1 aliphatic heterocycles. The van der Waals surface area contributed by atoms with Gasteiger partial charge in [-0.1, -0.05) is 65.8 Å². The number of nitrogens with zero attached hydrogens (tertiary/aromatic N) is 2. The average Bonchev–Trinajstić information content (AvgIpc) is 3.36. The number of amides is 2. The molecule has 1 fully saturated rings. The highest BCUT2D eigenvalue weighted by molar-refractivity contribution is 7.13. The number of nitrogens with one attached hydrogen (secondary N) is 2. The van der Waals surface area contributed by atoms with Crippen LogP contribution in [-0.4, -0.2) is 46.4 Å². The maximum absolute atomic E-state index is 13.6. The molecule has 0 unspecified atom stereocenters. The molecule has 7 heteroatoms. The molecule has 186 valence electrons. The molecule has 0 aliphatic carbocycles. The molecule has 1 aromatic carbocycles. The summed E-state index contributed by atoms with van der Waals surface area (Å²) in [5.74, 6) is 0.226. The lowest BCUT2D eigenvalue weighted by molar-refractivity contribution is -0.142. The van der Waals surface area contributed by atoms with E-state index in [0.717, 1.165) is 16.8 Å². The standard InChI is InChI=1S/C27H40N4O2S/c1-16(2)29-24(27(6,7)8)26(33)31-14-17(3)13-22(31)25(32)30-18(4)20-9-11-21(12-10-20)23-19(5)28-15-34-23/h9-12,15-18,22,24,29H,13-14H2,1-8H3,(H,30,32)/t17-,18+,22+,24-/m1/s1. The molecule has 4 atom stereocenters. The van der Waals surface area contributed by atoms with Crippen molar-refractivity contribution in [1.29, 1.82) is 0 Å². The van der Waals surface area contributed by atoms with Gasteiger partial charge < -0.3 is 15.5 Å². The summed E-state index contributed by atoms with van der Waals surface area (Å²) in [7, 11) is 0. The van der Waals surface area contributed by atoms with Gasteiger partial charge in [0.2, 0.25) is 11.8 Å². The smallest absolute Gasteiger partial charge is 0.243 e. The Balaban J connectivity index is 1.72. The van der Waals surface area contributed by atoms with Crippen LogP contribution in [0.15, 0.2) is 29.8 Å². The van der Waals surface area contributed by atoms with Crippen molar-refractivity contribution in [2.45, 2.75) is 86.0 Å². The van der Waals surface area contributed by atoms with Crippen LogP contribution in [0.3, 0.4) is 0 Å². The van der Waals surface area contributed by atoms with Gasteiger partial charge in [0, 0.05) is 12.6 Å². The van der Waals surface area contributed by atoms with E-state index in [1.807, 2.05) is 33.2 Å². The van der Waals surface area contributed by atoms with Gasteiger partial charge in [0.15, 0.2) is 0 Å². The first-order valence-corrected chi connectivity index (χ1v) is 13.1. The van der Waals surface area contributed by atoms with E-state index in [-0.39, 0.29) is 41.3 Å². The van der Waals surface area contributed by atoms with E-state index in [9.17, 15) is 9.59 Å². The third-order valence-corrected chi connectivity index (χ3v) is 7.46. The number of aromatic nitrogens is 1. The molecule has 2 N–H and O–H groups in total. The summed E-state index contributed by atoms with van der Waals surface area (Å²) in [6, 6.07) is 7.52. The number of hydrogen-bond donors (Lipinski definition) is 2. The number of aryl methyl sites for hydroxylation is 1. The van der Waals surface area contributed by atoms with Crippen molar-refractivity contribution in [2.75, 3.05) is 6.54 Å². The van der Waals surface area contributed by atoms with Crippen LogP contribution in [-0.2, 0) is 9.59 Å². The molecular formula is C27H40N4O2S. The summed E-state index contributed by atoms with van der Waals surface area (Å²) in [6.45, 7) is 17.0. The van der Waals surface area contributed by atoms with Crippen LogP contribution in [0.4, 0.5) is 0 Å². The molecule has 3 rings (SSSR count). The van der Waals surface area contributed by atoms with Crippen LogP contribution in [0.1, 0.15) is 72.2 Å². The average molecular weight is 485 g/mol. The van der Waals surface area contributed by atoms with Crippen LogP contribution in [0.25, 0.3) is 10.4 Å². The molecule has 0 spiro atoms. The van der Waals surface area contributed by atoms with Crippen LogP contribution < -0.4 is 10.6 Å². The lowest BCUT2D eigenvalue weighted by Crippen LogP contribution is -2.57. The second-order valence-corrected chi connectivity index (χ2v) is 11.9. The lowest BCUT2D eigenvalue weighted by Gasteiger charge is -2.37. The van der Waals surface area contributed by atoms with Gasteiger partial charge in [0.05, 0.1) is 28.2 Å². The zero-order valence-corrected chi connectivity index (χ0v) is 22.6. The fourth-order valence-corrected chi connectivity index (χ4v) is 5.44. The Bertz CT molecular complexity index is 993. The minimum atomic E-state index is -0.442. The minimum absolute atomic E-state index is 0.0163. The van der Waals surface area contributed by atoms with Gasteiger partial charge in [-0.15, -0.1) is 11.3 Å². The number of hydrogen-bond acceptors (Lipinski definition) is 5. The third kappa shape index (κ3) is 6.05. The molecule has 2 amide bonds. The summed E-state index contributed by atoms with van der Waals surface area (Å²) < 4.78 is 0. The van der Waals surface area contributed by atoms with Crippen molar-refractivity contribution < 1.29 is 9.59 Å². The van der Waals surface area contributed by atoms with E-state index in [1.54, 1.807) is 16.2 Å². The molecule has 1 aromatic heterocycles. The van der Waals surface area contributed by atoms with Gasteiger partial charge in [0.25, 0.3) is 0 Å². The summed E-state index contributed by atoms with van der Waals surface area (Å²) in [4.78, 5) is 34.2. The molecule has 1 aliphatic rings. The fraction of sp³-hybridized carbons (Fsp3) is 0.593. The molecule has 0 bridgehead atoms. The van der Waals surface area contributed by atoms with Gasteiger partial charge in [0.1, 0.15) is 6.04 Å². The number of thiazole rings is 1. The summed E-state index contributed by atoms with van der Waals surface area (Å²) in [5, 5.41) is 6.60. The first kappa shape index (κ1) is 26.4. The maximum atomic E-state index is 13.6. The Morgan fingerprint density at radius 1 is 1.15 bits per heavy atom. The van der Waals surface area contributed by atoms with Crippen molar-refractivity contribution in [3.05, 3.63) is 41.0 Å². The van der Waals surface area contributed by atoms with Gasteiger partial charge in [-0.25, -0.2) is 4.98 Å². The Morgan fingerprint density at radius 3 is 2.32 bits per heavy atom. The molecule has 0 radical (unpaired) electrons. The predicted molar refractivity (Wildman–Crippen MR) is 140 cm³/mol. The van der Waals surface area contributed by atoms with Crippen LogP contribution in [0.2, 0.25) is 0 Å². The third-order valence-electron chi connectivity index (χ3n) is 6.49. The highest BCUT2D eigenvalue weighted by atomic mass is 32.1. The van der Waals surface area contributed by atoms with E-state index in [0.29, 0.717) is 13.0 Å². The number of benzene rings is 1. The first-order chi connectivity index (χ1) is 15.9. The summed E-state index contributed by atoms with van der Waals surface area (Å²) >= 11 is 1.63. The van der Waals surface area contributed by atoms with E-state index in [2.05, 4.69) is 67.6 Å². The molecule has 2 heterocycles. The van der Waals surface area contributed by atoms with Crippen LogP contribution >= 0.6 is 11.3 Å². The highest BCUT2D eigenvalue weighted by Gasteiger charge is 2.43. The largest absolute Gasteiger partial charge is 0.348 e. The second-order valence-electron chi connectivity index (χ2n) is 11.1. The van der Waals surface area contributed by atoms with Crippen molar-refractivity contribution in [1.82, 2.24) is 20.5 Å². The number of rotatable bonds is 7. The Hall–Kier alpha value is -2.25. The van der Waals surface area contributed by atoms with Crippen molar-refractivity contribution in [3.8, 4) is 10.4 Å². The molecule has 6 nitrogen and oxygen atoms in total. The number of likely N-dealkylation sites (tertiary alicyclic amines) is 1. The monoisotopic (exact) mass is 484 g/mol. The van der Waals surface area contributed by atoms with Crippen LogP contribution in [0.5, 0.6) is 0 Å². The van der Waals surface area contributed by atoms with Gasteiger partial charge in [-0.3, -0.25) is 9.59 Å². The Morgan fingerprint density at radius 2 is 1.79 bits per heavy atom. The Kier molecular flexibility index (Phi) is 8.19. The second kappa shape index (κ2) is 10.6. The molecular weight excluding hydrogens is 444 g/mol. The molecule has 0 saturated carbocycles.